The maximum atomic E-state index is 10.3. The van der Waals surface area contributed by atoms with Crippen molar-refractivity contribution in [2.45, 2.75) is 52.6 Å². The number of nitriles is 3. The van der Waals surface area contributed by atoms with Gasteiger partial charge in [-0.25, -0.2) is 0 Å². The summed E-state index contributed by atoms with van der Waals surface area (Å²) in [4.78, 5) is 0. The lowest BCUT2D eigenvalue weighted by atomic mass is 9.56. The molecule has 2 aromatic rings. The first-order chi connectivity index (χ1) is 17.3. The quantitative estimate of drug-likeness (QED) is 0.581. The summed E-state index contributed by atoms with van der Waals surface area (Å²) >= 11 is 0. The second kappa shape index (κ2) is 9.80. The molecule has 4 rings (SSSR count). The van der Waals surface area contributed by atoms with E-state index in [2.05, 4.69) is 51.1 Å². The van der Waals surface area contributed by atoms with Gasteiger partial charge in [0.15, 0.2) is 16.9 Å². The van der Waals surface area contributed by atoms with Gasteiger partial charge in [0.2, 0.25) is 0 Å². The molecule has 0 fully saturated rings. The molecule has 0 heterocycles. The van der Waals surface area contributed by atoms with Crippen molar-refractivity contribution >= 4 is 0 Å². The zero-order chi connectivity index (χ0) is 26.0. The average molecular weight is 479 g/mol. The van der Waals surface area contributed by atoms with E-state index in [0.717, 1.165) is 41.5 Å². The minimum absolute atomic E-state index is 0.0173. The Morgan fingerprint density at radius 2 is 1.78 bits per heavy atom. The maximum absolute atomic E-state index is 10.3. The lowest BCUT2D eigenvalue weighted by Gasteiger charge is -2.43. The zero-order valence-electron chi connectivity index (χ0n) is 21.2. The van der Waals surface area contributed by atoms with Gasteiger partial charge in [0.1, 0.15) is 12.7 Å². The van der Waals surface area contributed by atoms with Crippen LogP contribution in [0.4, 0.5) is 0 Å². The van der Waals surface area contributed by atoms with Crippen LogP contribution in [-0.2, 0) is 6.61 Å². The van der Waals surface area contributed by atoms with E-state index in [1.54, 1.807) is 7.11 Å². The summed E-state index contributed by atoms with van der Waals surface area (Å²) in [7, 11) is 1.56. The first kappa shape index (κ1) is 24.9. The third kappa shape index (κ3) is 3.88. The van der Waals surface area contributed by atoms with Crippen LogP contribution in [0.5, 0.6) is 11.5 Å². The molecule has 2 aliphatic rings. The molecule has 0 aliphatic heterocycles. The van der Waals surface area contributed by atoms with Gasteiger partial charge in [0, 0.05) is 11.5 Å². The average Bonchev–Trinajstić information content (AvgIpc) is 2.87. The predicted octanol–water partition coefficient (Wildman–Crippen LogP) is 5.79. The Morgan fingerprint density at radius 3 is 2.39 bits per heavy atom. The Morgan fingerprint density at radius 1 is 1.08 bits per heavy atom. The molecule has 0 radical (unpaired) electrons. The highest BCUT2D eigenvalue weighted by molar-refractivity contribution is 5.62. The molecule has 0 unspecified atom stereocenters. The van der Waals surface area contributed by atoms with E-state index in [9.17, 15) is 15.8 Å². The first-order valence-electron chi connectivity index (χ1n) is 12.1. The van der Waals surface area contributed by atoms with Crippen molar-refractivity contribution in [3.63, 3.8) is 0 Å². The third-order valence-corrected chi connectivity index (χ3v) is 7.56. The number of ether oxygens (including phenoxy) is 2. The fraction of sp³-hybridized carbons (Fsp3) is 0.367. The highest BCUT2D eigenvalue weighted by Gasteiger charge is 2.54. The standard InChI is InChI=1S/C30H30N4O2/c1-18-12-19(2)25(20(3)13-18)15-36-26-11-7-10-23(28(26)35-4)27-22-9-6-5-8-21(22)24(14-31)29(34)30(27,16-32)17-33/h7-8,10-13,22,27H,5-6,9,15,34H2,1-4H3/t22-,27+/m0/s1. The minimum atomic E-state index is -1.69. The number of aryl methyl sites for hydroxylation is 3. The molecule has 6 heteroatoms. The van der Waals surface area contributed by atoms with Crippen molar-refractivity contribution in [3.05, 3.63) is 81.1 Å². The lowest BCUT2D eigenvalue weighted by Crippen LogP contribution is -2.42. The van der Waals surface area contributed by atoms with E-state index in [0.29, 0.717) is 23.7 Å². The summed E-state index contributed by atoms with van der Waals surface area (Å²) in [5.41, 5.74) is 11.2. The van der Waals surface area contributed by atoms with E-state index in [4.69, 9.17) is 15.2 Å². The molecular formula is C30H30N4O2. The number of methoxy groups -OCH3 is 1. The van der Waals surface area contributed by atoms with Crippen LogP contribution in [-0.4, -0.2) is 7.11 Å². The van der Waals surface area contributed by atoms with E-state index in [1.165, 1.54) is 5.56 Å². The Balaban J connectivity index is 1.84. The van der Waals surface area contributed by atoms with Crippen LogP contribution in [0.1, 0.15) is 53.0 Å². The Hall–Kier alpha value is -4.21. The van der Waals surface area contributed by atoms with Crippen molar-refractivity contribution in [3.8, 4) is 29.7 Å². The van der Waals surface area contributed by atoms with Crippen molar-refractivity contribution in [1.29, 1.82) is 15.8 Å². The highest BCUT2D eigenvalue weighted by Crippen LogP contribution is 2.58. The van der Waals surface area contributed by atoms with Gasteiger partial charge < -0.3 is 15.2 Å². The topological polar surface area (TPSA) is 116 Å². The van der Waals surface area contributed by atoms with Crippen LogP contribution >= 0.6 is 0 Å². The van der Waals surface area contributed by atoms with Crippen molar-refractivity contribution in [2.75, 3.05) is 7.11 Å². The lowest BCUT2D eigenvalue weighted by molar-refractivity contribution is 0.271. The number of hydrogen-bond acceptors (Lipinski definition) is 6. The fourth-order valence-corrected chi connectivity index (χ4v) is 5.91. The molecule has 0 amide bonds. The first-order valence-corrected chi connectivity index (χ1v) is 12.1. The number of fused-ring (bicyclic) bond motifs is 1. The van der Waals surface area contributed by atoms with Gasteiger partial charge >= 0.3 is 0 Å². The number of rotatable bonds is 5. The monoisotopic (exact) mass is 478 g/mol. The van der Waals surface area contributed by atoms with E-state index >= 15 is 0 Å². The summed E-state index contributed by atoms with van der Waals surface area (Å²) in [6.07, 6.45) is 4.51. The second-order valence-electron chi connectivity index (χ2n) is 9.65. The zero-order valence-corrected chi connectivity index (χ0v) is 21.2. The van der Waals surface area contributed by atoms with Gasteiger partial charge in [-0.05, 0) is 74.3 Å². The molecule has 0 saturated carbocycles. The van der Waals surface area contributed by atoms with Gasteiger partial charge in [0.25, 0.3) is 0 Å². The Labute approximate surface area is 212 Å². The summed E-state index contributed by atoms with van der Waals surface area (Å²) in [5.74, 6) is 0.218. The highest BCUT2D eigenvalue weighted by atomic mass is 16.5. The van der Waals surface area contributed by atoms with Crippen molar-refractivity contribution in [2.24, 2.45) is 17.1 Å². The molecule has 182 valence electrons. The van der Waals surface area contributed by atoms with E-state index in [-0.39, 0.29) is 17.2 Å². The predicted molar refractivity (Wildman–Crippen MR) is 137 cm³/mol. The van der Waals surface area contributed by atoms with Crippen LogP contribution in [0, 0.1) is 66.1 Å². The van der Waals surface area contributed by atoms with Crippen molar-refractivity contribution in [1.82, 2.24) is 0 Å². The number of allylic oxidation sites excluding steroid dienone is 4. The molecule has 2 aromatic carbocycles. The SMILES string of the molecule is COc1c(OCc2c(C)cc(C)cc2C)cccc1[C@H]1[C@H]2CCCC=C2C(C#N)=C(N)C1(C#N)C#N. The summed E-state index contributed by atoms with van der Waals surface area (Å²) in [5, 5.41) is 30.5. The molecule has 2 aliphatic carbocycles. The van der Waals surface area contributed by atoms with Gasteiger partial charge in [-0.3, -0.25) is 0 Å². The number of hydrogen-bond donors (Lipinski definition) is 1. The van der Waals surface area contributed by atoms with Gasteiger partial charge in [-0.2, -0.15) is 15.8 Å². The molecule has 0 aromatic heterocycles. The molecule has 0 saturated heterocycles. The number of nitrogens with two attached hydrogens (primary N) is 1. The maximum Gasteiger partial charge on any atom is 0.191 e. The Bertz CT molecular complexity index is 1360. The summed E-state index contributed by atoms with van der Waals surface area (Å²) in [6.45, 7) is 6.58. The van der Waals surface area contributed by atoms with Crippen molar-refractivity contribution < 1.29 is 9.47 Å². The molecule has 0 bridgehead atoms. The van der Waals surface area contributed by atoms with E-state index in [1.807, 2.05) is 24.3 Å². The fourth-order valence-electron chi connectivity index (χ4n) is 5.91. The summed E-state index contributed by atoms with van der Waals surface area (Å²) < 4.78 is 12.1. The molecule has 2 atom stereocenters. The Kier molecular flexibility index (Phi) is 6.78. The molecule has 6 nitrogen and oxygen atoms in total. The number of benzene rings is 2. The largest absolute Gasteiger partial charge is 0.493 e. The van der Waals surface area contributed by atoms with Crippen LogP contribution < -0.4 is 15.2 Å². The molecule has 2 N–H and O–H groups in total. The minimum Gasteiger partial charge on any atom is -0.493 e. The van der Waals surface area contributed by atoms with Crippen LogP contribution in [0.3, 0.4) is 0 Å². The smallest absolute Gasteiger partial charge is 0.191 e. The van der Waals surface area contributed by atoms with Crippen LogP contribution in [0.25, 0.3) is 0 Å². The van der Waals surface area contributed by atoms with Gasteiger partial charge in [0.05, 0.1) is 30.5 Å². The molecular weight excluding hydrogens is 448 g/mol. The van der Waals surface area contributed by atoms with E-state index < -0.39 is 11.3 Å². The van der Waals surface area contributed by atoms with Gasteiger partial charge in [-0.15, -0.1) is 0 Å². The van der Waals surface area contributed by atoms with Crippen LogP contribution in [0.2, 0.25) is 0 Å². The third-order valence-electron chi connectivity index (χ3n) is 7.56. The summed E-state index contributed by atoms with van der Waals surface area (Å²) in [6, 6.07) is 16.4. The molecule has 0 spiro atoms. The van der Waals surface area contributed by atoms with Crippen LogP contribution in [0.15, 0.2) is 53.3 Å². The second-order valence-corrected chi connectivity index (χ2v) is 9.65. The number of nitrogens with zero attached hydrogens (tertiary/aromatic N) is 3. The molecule has 36 heavy (non-hydrogen) atoms. The van der Waals surface area contributed by atoms with Gasteiger partial charge in [-0.1, -0.05) is 35.9 Å². The number of para-hydroxylation sites is 1. The normalized spacial score (nSPS) is 20.3.